The maximum absolute atomic E-state index is 12.6. The highest BCUT2D eigenvalue weighted by molar-refractivity contribution is 6.07. The summed E-state index contributed by atoms with van der Waals surface area (Å²) in [5.74, 6) is 0.679. The van der Waals surface area contributed by atoms with Gasteiger partial charge in [-0.05, 0) is 44.7 Å². The third kappa shape index (κ3) is 4.87. The van der Waals surface area contributed by atoms with Gasteiger partial charge in [-0.15, -0.1) is 0 Å². The topological polar surface area (TPSA) is 104 Å². The van der Waals surface area contributed by atoms with E-state index in [-0.39, 0.29) is 43.0 Å². The lowest BCUT2D eigenvalue weighted by atomic mass is 9.98. The van der Waals surface area contributed by atoms with Crippen LogP contribution in [0.25, 0.3) is 0 Å². The van der Waals surface area contributed by atoms with E-state index in [9.17, 15) is 14.4 Å². The zero-order chi connectivity index (χ0) is 22.7. The monoisotopic (exact) mass is 443 g/mol. The van der Waals surface area contributed by atoms with E-state index in [1.54, 1.807) is 6.20 Å². The van der Waals surface area contributed by atoms with Crippen LogP contribution in [0.3, 0.4) is 0 Å². The second-order valence-corrected chi connectivity index (χ2v) is 9.24. The molecule has 0 aromatic carbocycles. The summed E-state index contributed by atoms with van der Waals surface area (Å²) in [5.41, 5.74) is 0.240. The molecule has 2 atom stereocenters. The number of ether oxygens (including phenoxy) is 1. The number of carbonyl (C=O) groups is 3. The van der Waals surface area contributed by atoms with E-state index in [2.05, 4.69) is 34.4 Å². The van der Waals surface area contributed by atoms with Gasteiger partial charge < -0.3 is 20.3 Å². The standard InChI is InChI=1S/C23H33N5O4/c1-16-14-27(15-17(2)32-16)19-8-7-18(12-24-19)13-25-20(29)6-5-11-28-21(30)23(26-22(28)31)9-3-4-10-23/h7-8,12,16-17H,3-6,9-11,13-15H2,1-2H3,(H,25,29)(H,26,31). The van der Waals surface area contributed by atoms with Crippen LogP contribution < -0.4 is 15.5 Å². The number of pyridine rings is 1. The molecule has 4 rings (SSSR count). The fourth-order valence-electron chi connectivity index (χ4n) is 4.96. The summed E-state index contributed by atoms with van der Waals surface area (Å²) in [5, 5.41) is 5.76. The molecule has 3 aliphatic rings. The van der Waals surface area contributed by atoms with Gasteiger partial charge in [0.05, 0.1) is 12.2 Å². The van der Waals surface area contributed by atoms with Gasteiger partial charge in [0.2, 0.25) is 5.91 Å². The molecule has 0 bridgehead atoms. The highest BCUT2D eigenvalue weighted by Crippen LogP contribution is 2.35. The lowest BCUT2D eigenvalue weighted by Crippen LogP contribution is -2.45. The van der Waals surface area contributed by atoms with Crippen LogP contribution in [0.5, 0.6) is 0 Å². The SMILES string of the molecule is CC1CN(c2ccc(CNC(=O)CCCN3C(=O)NC4(CCCC4)C3=O)cn2)CC(C)O1. The quantitative estimate of drug-likeness (QED) is 0.625. The van der Waals surface area contributed by atoms with Gasteiger partial charge in [0.1, 0.15) is 11.4 Å². The maximum atomic E-state index is 12.6. The van der Waals surface area contributed by atoms with Crippen LogP contribution in [-0.4, -0.2) is 65.1 Å². The molecule has 174 valence electrons. The molecule has 9 nitrogen and oxygen atoms in total. The van der Waals surface area contributed by atoms with Crippen LogP contribution in [0.1, 0.15) is 57.9 Å². The number of aromatic nitrogens is 1. The zero-order valence-electron chi connectivity index (χ0n) is 18.9. The van der Waals surface area contributed by atoms with E-state index in [0.29, 0.717) is 25.8 Å². The molecule has 2 aliphatic heterocycles. The number of morpholine rings is 1. The van der Waals surface area contributed by atoms with E-state index in [0.717, 1.165) is 37.3 Å². The molecule has 2 N–H and O–H groups in total. The smallest absolute Gasteiger partial charge is 0.325 e. The first-order valence-electron chi connectivity index (χ1n) is 11.6. The summed E-state index contributed by atoms with van der Waals surface area (Å²) in [7, 11) is 0. The van der Waals surface area contributed by atoms with Gasteiger partial charge in [-0.2, -0.15) is 0 Å². The fourth-order valence-corrected chi connectivity index (χ4v) is 4.96. The van der Waals surface area contributed by atoms with E-state index in [4.69, 9.17) is 4.74 Å². The fraction of sp³-hybridized carbons (Fsp3) is 0.652. The molecule has 9 heteroatoms. The third-order valence-corrected chi connectivity index (χ3v) is 6.53. The van der Waals surface area contributed by atoms with Crippen molar-refractivity contribution in [1.82, 2.24) is 20.5 Å². The van der Waals surface area contributed by atoms with Crippen LogP contribution in [0.4, 0.5) is 10.6 Å². The Hall–Kier alpha value is -2.68. The maximum Gasteiger partial charge on any atom is 0.325 e. The van der Waals surface area contributed by atoms with Crippen molar-refractivity contribution in [2.45, 2.75) is 76.7 Å². The molecule has 0 radical (unpaired) electrons. The lowest BCUT2D eigenvalue weighted by Gasteiger charge is -2.36. The van der Waals surface area contributed by atoms with Gasteiger partial charge >= 0.3 is 6.03 Å². The molecular weight excluding hydrogens is 410 g/mol. The van der Waals surface area contributed by atoms with Gasteiger partial charge in [-0.3, -0.25) is 14.5 Å². The van der Waals surface area contributed by atoms with Crippen molar-refractivity contribution in [2.24, 2.45) is 0 Å². The molecule has 1 aliphatic carbocycles. The Morgan fingerprint density at radius 1 is 1.22 bits per heavy atom. The first kappa shape index (κ1) is 22.5. The van der Waals surface area contributed by atoms with Crippen molar-refractivity contribution in [1.29, 1.82) is 0 Å². The van der Waals surface area contributed by atoms with Gasteiger partial charge in [-0.25, -0.2) is 9.78 Å². The van der Waals surface area contributed by atoms with E-state index in [1.807, 2.05) is 12.1 Å². The Morgan fingerprint density at radius 3 is 2.59 bits per heavy atom. The number of carbonyl (C=O) groups excluding carboxylic acids is 3. The summed E-state index contributed by atoms with van der Waals surface area (Å²) in [6.07, 6.45) is 6.19. The molecular formula is C23H33N5O4. The van der Waals surface area contributed by atoms with E-state index in [1.165, 1.54) is 4.90 Å². The summed E-state index contributed by atoms with van der Waals surface area (Å²) in [6, 6.07) is 3.62. The molecule has 4 amide bonds. The minimum atomic E-state index is -0.685. The normalized spacial score (nSPS) is 24.8. The molecule has 1 aromatic heterocycles. The van der Waals surface area contributed by atoms with E-state index >= 15 is 0 Å². The summed E-state index contributed by atoms with van der Waals surface area (Å²) in [4.78, 5) is 45.1. The number of nitrogens with one attached hydrogen (secondary N) is 2. The van der Waals surface area contributed by atoms with Gasteiger partial charge in [-0.1, -0.05) is 18.9 Å². The van der Waals surface area contributed by atoms with Crippen LogP contribution >= 0.6 is 0 Å². The predicted molar refractivity (Wildman–Crippen MR) is 119 cm³/mol. The Kier molecular flexibility index (Phi) is 6.64. The first-order chi connectivity index (χ1) is 15.4. The first-order valence-corrected chi connectivity index (χ1v) is 11.6. The molecule has 2 unspecified atom stereocenters. The second-order valence-electron chi connectivity index (χ2n) is 9.24. The molecule has 1 spiro atoms. The number of rotatable bonds is 7. The van der Waals surface area contributed by atoms with Crippen LogP contribution in [0.15, 0.2) is 18.3 Å². The predicted octanol–water partition coefficient (Wildman–Crippen LogP) is 1.96. The number of imide groups is 1. The molecule has 1 saturated carbocycles. The highest BCUT2D eigenvalue weighted by Gasteiger charge is 2.52. The Bertz CT molecular complexity index is 842. The molecule has 32 heavy (non-hydrogen) atoms. The molecule has 3 fully saturated rings. The molecule has 1 aromatic rings. The number of nitrogens with zero attached hydrogens (tertiary/aromatic N) is 3. The Balaban J connectivity index is 1.19. The van der Waals surface area contributed by atoms with Crippen molar-refractivity contribution >= 4 is 23.7 Å². The number of amides is 4. The Morgan fingerprint density at radius 2 is 1.94 bits per heavy atom. The molecule has 2 saturated heterocycles. The Labute approximate surface area is 188 Å². The third-order valence-electron chi connectivity index (χ3n) is 6.53. The van der Waals surface area contributed by atoms with Crippen molar-refractivity contribution in [3.05, 3.63) is 23.9 Å². The van der Waals surface area contributed by atoms with Crippen molar-refractivity contribution in [3.8, 4) is 0 Å². The highest BCUT2D eigenvalue weighted by atomic mass is 16.5. The zero-order valence-corrected chi connectivity index (χ0v) is 18.9. The van der Waals surface area contributed by atoms with Crippen molar-refractivity contribution in [3.63, 3.8) is 0 Å². The van der Waals surface area contributed by atoms with Gasteiger partial charge in [0.15, 0.2) is 0 Å². The number of hydrogen-bond donors (Lipinski definition) is 2. The van der Waals surface area contributed by atoms with Crippen LogP contribution in [-0.2, 0) is 20.9 Å². The number of anilines is 1. The van der Waals surface area contributed by atoms with Crippen molar-refractivity contribution < 1.29 is 19.1 Å². The average molecular weight is 444 g/mol. The van der Waals surface area contributed by atoms with Gasteiger partial charge in [0.25, 0.3) is 5.91 Å². The van der Waals surface area contributed by atoms with E-state index < -0.39 is 5.54 Å². The summed E-state index contributed by atoms with van der Waals surface area (Å²) >= 11 is 0. The number of hydrogen-bond acceptors (Lipinski definition) is 6. The van der Waals surface area contributed by atoms with Gasteiger partial charge in [0, 0.05) is 38.8 Å². The number of urea groups is 1. The van der Waals surface area contributed by atoms with Crippen LogP contribution in [0.2, 0.25) is 0 Å². The summed E-state index contributed by atoms with van der Waals surface area (Å²) in [6.45, 7) is 6.41. The minimum Gasteiger partial charge on any atom is -0.372 e. The van der Waals surface area contributed by atoms with Crippen molar-refractivity contribution in [2.75, 3.05) is 24.5 Å². The average Bonchev–Trinajstić information content (AvgIpc) is 3.32. The molecule has 3 heterocycles. The van der Waals surface area contributed by atoms with Crippen LogP contribution in [0, 0.1) is 0 Å². The lowest BCUT2D eigenvalue weighted by molar-refractivity contribution is -0.131. The minimum absolute atomic E-state index is 0.104. The second kappa shape index (κ2) is 9.44. The summed E-state index contributed by atoms with van der Waals surface area (Å²) < 4.78 is 5.77. The largest absolute Gasteiger partial charge is 0.372 e.